The SMILES string of the molecule is O=C(O)c1cccc2oc(CCl)nc12. The lowest BCUT2D eigenvalue weighted by molar-refractivity contribution is 0.0699. The van der Waals surface area contributed by atoms with Crippen molar-refractivity contribution in [3.8, 4) is 0 Å². The minimum absolute atomic E-state index is 0.127. The topological polar surface area (TPSA) is 63.3 Å². The number of nitrogens with zero attached hydrogens (tertiary/aromatic N) is 1. The molecule has 0 aliphatic heterocycles. The molecule has 0 saturated carbocycles. The molecule has 0 aliphatic rings. The monoisotopic (exact) mass is 211 g/mol. The second-order valence-electron chi connectivity index (χ2n) is 2.70. The van der Waals surface area contributed by atoms with Crippen molar-refractivity contribution in [2.45, 2.75) is 5.88 Å². The molecule has 0 aliphatic carbocycles. The van der Waals surface area contributed by atoms with Crippen LogP contribution in [0.1, 0.15) is 16.2 Å². The molecule has 0 radical (unpaired) electrons. The van der Waals surface area contributed by atoms with Crippen LogP contribution in [0.5, 0.6) is 0 Å². The van der Waals surface area contributed by atoms with Gasteiger partial charge in [0.15, 0.2) is 5.58 Å². The van der Waals surface area contributed by atoms with E-state index in [1.54, 1.807) is 12.1 Å². The van der Waals surface area contributed by atoms with Crippen molar-refractivity contribution >= 4 is 28.7 Å². The molecule has 2 aromatic rings. The van der Waals surface area contributed by atoms with Gasteiger partial charge in [0, 0.05) is 0 Å². The smallest absolute Gasteiger partial charge is 0.338 e. The van der Waals surface area contributed by atoms with Gasteiger partial charge in [0.05, 0.1) is 11.4 Å². The lowest BCUT2D eigenvalue weighted by Crippen LogP contribution is -1.96. The molecule has 14 heavy (non-hydrogen) atoms. The van der Waals surface area contributed by atoms with E-state index in [4.69, 9.17) is 21.1 Å². The van der Waals surface area contributed by atoms with E-state index in [1.165, 1.54) is 6.07 Å². The minimum atomic E-state index is -1.02. The molecule has 5 heteroatoms. The number of hydrogen-bond donors (Lipinski definition) is 1. The fraction of sp³-hybridized carbons (Fsp3) is 0.111. The van der Waals surface area contributed by atoms with Crippen molar-refractivity contribution in [3.63, 3.8) is 0 Å². The van der Waals surface area contributed by atoms with Crippen LogP contribution < -0.4 is 0 Å². The first-order valence-corrected chi connectivity index (χ1v) is 4.43. The van der Waals surface area contributed by atoms with Crippen molar-refractivity contribution in [1.29, 1.82) is 0 Å². The summed E-state index contributed by atoms with van der Waals surface area (Å²) in [6.07, 6.45) is 0. The fourth-order valence-corrected chi connectivity index (χ4v) is 1.34. The van der Waals surface area contributed by atoms with Crippen LogP contribution in [0.15, 0.2) is 22.6 Å². The molecular weight excluding hydrogens is 206 g/mol. The van der Waals surface area contributed by atoms with Gasteiger partial charge in [-0.1, -0.05) is 6.07 Å². The zero-order valence-corrected chi connectivity index (χ0v) is 7.78. The van der Waals surface area contributed by atoms with Gasteiger partial charge in [-0.05, 0) is 12.1 Å². The fourth-order valence-electron chi connectivity index (χ4n) is 1.22. The van der Waals surface area contributed by atoms with Gasteiger partial charge in [-0.2, -0.15) is 0 Å². The standard InChI is InChI=1S/C9H6ClNO3/c10-4-7-11-8-5(9(12)13)2-1-3-6(8)14-7/h1-3H,4H2,(H,12,13). The average Bonchev–Trinajstić information content (AvgIpc) is 2.59. The van der Waals surface area contributed by atoms with Crippen LogP contribution in [0, 0.1) is 0 Å². The maximum Gasteiger partial charge on any atom is 0.338 e. The molecule has 0 saturated heterocycles. The molecule has 1 heterocycles. The third kappa shape index (κ3) is 1.33. The third-order valence-corrected chi connectivity index (χ3v) is 2.04. The third-order valence-electron chi connectivity index (χ3n) is 1.81. The normalized spacial score (nSPS) is 10.6. The number of aromatic carboxylic acids is 1. The summed E-state index contributed by atoms with van der Waals surface area (Å²) in [5, 5.41) is 8.85. The summed E-state index contributed by atoms with van der Waals surface area (Å²) < 4.78 is 5.20. The molecule has 0 spiro atoms. The highest BCUT2D eigenvalue weighted by molar-refractivity contribution is 6.16. The van der Waals surface area contributed by atoms with Gasteiger partial charge in [0.1, 0.15) is 5.52 Å². The van der Waals surface area contributed by atoms with Gasteiger partial charge in [-0.3, -0.25) is 0 Å². The lowest BCUT2D eigenvalue weighted by atomic mass is 10.2. The van der Waals surface area contributed by atoms with Crippen molar-refractivity contribution in [2.24, 2.45) is 0 Å². The van der Waals surface area contributed by atoms with Crippen LogP contribution in [-0.4, -0.2) is 16.1 Å². The largest absolute Gasteiger partial charge is 0.478 e. The van der Waals surface area contributed by atoms with Crippen LogP contribution in [-0.2, 0) is 5.88 Å². The van der Waals surface area contributed by atoms with Crippen LogP contribution in [0.2, 0.25) is 0 Å². The van der Waals surface area contributed by atoms with Crippen LogP contribution in [0.25, 0.3) is 11.1 Å². The number of halogens is 1. The average molecular weight is 212 g/mol. The molecule has 0 atom stereocenters. The summed E-state index contributed by atoms with van der Waals surface area (Å²) in [6, 6.07) is 4.74. The lowest BCUT2D eigenvalue weighted by Gasteiger charge is -1.92. The summed E-state index contributed by atoms with van der Waals surface area (Å²) in [7, 11) is 0. The van der Waals surface area contributed by atoms with Gasteiger partial charge < -0.3 is 9.52 Å². The number of rotatable bonds is 2. The molecular formula is C9H6ClNO3. The summed E-state index contributed by atoms with van der Waals surface area (Å²) in [4.78, 5) is 14.8. The van der Waals surface area contributed by atoms with E-state index in [0.29, 0.717) is 17.0 Å². The maximum atomic E-state index is 10.8. The summed E-state index contributed by atoms with van der Waals surface area (Å²) in [6.45, 7) is 0. The Balaban J connectivity index is 2.73. The van der Waals surface area contributed by atoms with E-state index in [2.05, 4.69) is 4.98 Å². The first-order chi connectivity index (χ1) is 6.72. The van der Waals surface area contributed by atoms with Crippen molar-refractivity contribution in [2.75, 3.05) is 0 Å². The second-order valence-corrected chi connectivity index (χ2v) is 2.97. The van der Waals surface area contributed by atoms with Crippen molar-refractivity contribution in [3.05, 3.63) is 29.7 Å². The number of aromatic nitrogens is 1. The molecule has 2 rings (SSSR count). The zero-order chi connectivity index (χ0) is 10.1. The Bertz CT molecular complexity index is 492. The molecule has 1 aromatic heterocycles. The molecule has 1 N–H and O–H groups in total. The number of alkyl halides is 1. The number of benzene rings is 1. The number of fused-ring (bicyclic) bond motifs is 1. The Kier molecular flexibility index (Phi) is 2.13. The quantitative estimate of drug-likeness (QED) is 0.774. The summed E-state index contributed by atoms with van der Waals surface area (Å²) >= 11 is 5.53. The van der Waals surface area contributed by atoms with E-state index in [-0.39, 0.29) is 11.4 Å². The Labute approximate surface area is 84.1 Å². The van der Waals surface area contributed by atoms with E-state index >= 15 is 0 Å². The zero-order valence-electron chi connectivity index (χ0n) is 7.03. The number of carboxylic acids is 1. The Morgan fingerprint density at radius 3 is 3.00 bits per heavy atom. The Morgan fingerprint density at radius 1 is 1.57 bits per heavy atom. The Hall–Kier alpha value is -1.55. The molecule has 0 unspecified atom stereocenters. The molecule has 72 valence electrons. The van der Waals surface area contributed by atoms with Gasteiger partial charge in [0.25, 0.3) is 0 Å². The van der Waals surface area contributed by atoms with Gasteiger partial charge in [0.2, 0.25) is 5.89 Å². The van der Waals surface area contributed by atoms with E-state index in [9.17, 15) is 4.79 Å². The van der Waals surface area contributed by atoms with E-state index in [0.717, 1.165) is 0 Å². The highest BCUT2D eigenvalue weighted by Gasteiger charge is 2.13. The summed E-state index contributed by atoms with van der Waals surface area (Å²) in [5.41, 5.74) is 0.916. The highest BCUT2D eigenvalue weighted by Crippen LogP contribution is 2.20. The molecule has 0 bridgehead atoms. The number of carboxylic acid groups (broad SMARTS) is 1. The first-order valence-electron chi connectivity index (χ1n) is 3.90. The van der Waals surface area contributed by atoms with Crippen LogP contribution >= 0.6 is 11.6 Å². The summed E-state index contributed by atoms with van der Waals surface area (Å²) in [5.74, 6) is -0.561. The highest BCUT2D eigenvalue weighted by atomic mass is 35.5. The molecule has 4 nitrogen and oxygen atoms in total. The number of oxazole rings is 1. The number of carbonyl (C=O) groups is 1. The van der Waals surface area contributed by atoms with Gasteiger partial charge >= 0.3 is 5.97 Å². The number of hydrogen-bond acceptors (Lipinski definition) is 3. The van der Waals surface area contributed by atoms with Crippen molar-refractivity contribution < 1.29 is 14.3 Å². The predicted molar refractivity (Wildman–Crippen MR) is 50.5 cm³/mol. The van der Waals surface area contributed by atoms with Crippen LogP contribution in [0.3, 0.4) is 0 Å². The Morgan fingerprint density at radius 2 is 2.36 bits per heavy atom. The first kappa shape index (κ1) is 9.02. The molecule has 0 amide bonds. The second kappa shape index (κ2) is 3.31. The van der Waals surface area contributed by atoms with E-state index in [1.807, 2.05) is 0 Å². The number of para-hydroxylation sites is 1. The minimum Gasteiger partial charge on any atom is -0.478 e. The van der Waals surface area contributed by atoms with E-state index < -0.39 is 5.97 Å². The van der Waals surface area contributed by atoms with Crippen molar-refractivity contribution in [1.82, 2.24) is 4.98 Å². The molecule has 0 fully saturated rings. The van der Waals surface area contributed by atoms with Gasteiger partial charge in [-0.15, -0.1) is 11.6 Å². The van der Waals surface area contributed by atoms with Crippen LogP contribution in [0.4, 0.5) is 0 Å². The maximum absolute atomic E-state index is 10.8. The molecule has 1 aromatic carbocycles. The predicted octanol–water partition coefficient (Wildman–Crippen LogP) is 2.26. The van der Waals surface area contributed by atoms with Gasteiger partial charge in [-0.25, -0.2) is 9.78 Å².